The van der Waals surface area contributed by atoms with Gasteiger partial charge in [-0.25, -0.2) is 8.42 Å². The van der Waals surface area contributed by atoms with Crippen LogP contribution in [0.25, 0.3) is 0 Å². The summed E-state index contributed by atoms with van der Waals surface area (Å²) in [7, 11) is -1.70. The van der Waals surface area contributed by atoms with Crippen LogP contribution in [0.15, 0.2) is 17.0 Å². The lowest BCUT2D eigenvalue weighted by atomic mass is 10.1. The van der Waals surface area contributed by atoms with Gasteiger partial charge in [-0.2, -0.15) is 4.31 Å². The van der Waals surface area contributed by atoms with Crippen LogP contribution in [0, 0.1) is 20.8 Å². The van der Waals surface area contributed by atoms with Gasteiger partial charge in [0, 0.05) is 46.4 Å². The zero-order valence-corrected chi connectivity index (χ0v) is 15.4. The molecule has 0 saturated carbocycles. The normalized spacial score (nSPS) is 17.6. The van der Waals surface area contributed by atoms with Gasteiger partial charge in [0.2, 0.25) is 10.0 Å². The Morgan fingerprint density at radius 3 is 2.13 bits per heavy atom. The molecule has 6 heteroatoms. The zero-order chi connectivity index (χ0) is 17.0. The average Bonchev–Trinajstić information content (AvgIpc) is 2.46. The minimum atomic E-state index is -3.41. The fourth-order valence-corrected chi connectivity index (χ4v) is 5.16. The Hall–Kier alpha value is -0.950. The van der Waals surface area contributed by atoms with Gasteiger partial charge >= 0.3 is 0 Å². The molecule has 1 fully saturated rings. The van der Waals surface area contributed by atoms with E-state index in [1.54, 1.807) is 11.4 Å². The van der Waals surface area contributed by atoms with Gasteiger partial charge in [0.25, 0.3) is 0 Å². The van der Waals surface area contributed by atoms with E-state index in [9.17, 15) is 8.42 Å². The summed E-state index contributed by atoms with van der Waals surface area (Å²) in [6.45, 7) is 10.2. The van der Waals surface area contributed by atoms with Crippen LogP contribution in [0.5, 0.6) is 0 Å². The van der Waals surface area contributed by atoms with Crippen LogP contribution in [0.2, 0.25) is 0 Å². The average molecular weight is 340 g/mol. The second kappa shape index (κ2) is 7.75. The lowest BCUT2D eigenvalue weighted by Gasteiger charge is -2.34. The molecule has 0 bridgehead atoms. The van der Waals surface area contributed by atoms with Gasteiger partial charge < -0.3 is 9.64 Å². The number of nitrogens with zero attached hydrogens (tertiary/aromatic N) is 2. The second-order valence-corrected chi connectivity index (χ2v) is 8.19. The number of sulfonamides is 1. The van der Waals surface area contributed by atoms with Crippen LogP contribution in [-0.2, 0) is 14.8 Å². The molecule has 1 aliphatic heterocycles. The summed E-state index contributed by atoms with van der Waals surface area (Å²) >= 11 is 0. The fourth-order valence-electron chi connectivity index (χ4n) is 3.33. The van der Waals surface area contributed by atoms with Crippen LogP contribution in [0.1, 0.15) is 23.1 Å². The Bertz CT molecular complexity index is 612. The summed E-state index contributed by atoms with van der Waals surface area (Å²) in [5, 5.41) is 0. The predicted molar refractivity (Wildman–Crippen MR) is 92.3 cm³/mol. The second-order valence-electron chi connectivity index (χ2n) is 6.32. The lowest BCUT2D eigenvalue weighted by Crippen LogP contribution is -2.49. The topological polar surface area (TPSA) is 49.9 Å². The molecule has 1 saturated heterocycles. The third-order valence-corrected chi connectivity index (χ3v) is 6.56. The van der Waals surface area contributed by atoms with Crippen molar-refractivity contribution in [3.8, 4) is 0 Å². The molecule has 0 spiro atoms. The van der Waals surface area contributed by atoms with Crippen LogP contribution in [-0.4, -0.2) is 64.1 Å². The highest BCUT2D eigenvalue weighted by Gasteiger charge is 2.30. The Morgan fingerprint density at radius 2 is 1.61 bits per heavy atom. The molecule has 0 radical (unpaired) electrons. The van der Waals surface area contributed by atoms with Gasteiger partial charge in [0.05, 0.1) is 4.90 Å². The molecule has 0 N–H and O–H groups in total. The molecule has 0 aliphatic carbocycles. The summed E-state index contributed by atoms with van der Waals surface area (Å²) in [6, 6.07) is 3.89. The van der Waals surface area contributed by atoms with Gasteiger partial charge in [0.15, 0.2) is 0 Å². The highest BCUT2D eigenvalue weighted by Crippen LogP contribution is 2.26. The van der Waals surface area contributed by atoms with Gasteiger partial charge in [0.1, 0.15) is 0 Å². The number of ether oxygens (including phenoxy) is 1. The maximum Gasteiger partial charge on any atom is 0.243 e. The Labute approximate surface area is 140 Å². The third kappa shape index (κ3) is 4.32. The van der Waals surface area contributed by atoms with Gasteiger partial charge in [-0.3, -0.25) is 0 Å². The first-order chi connectivity index (χ1) is 10.9. The smallest absolute Gasteiger partial charge is 0.243 e. The number of methoxy groups -OCH3 is 1. The highest BCUT2D eigenvalue weighted by atomic mass is 32.2. The van der Waals surface area contributed by atoms with Gasteiger partial charge in [-0.05, 0) is 38.3 Å². The van der Waals surface area contributed by atoms with E-state index < -0.39 is 10.0 Å². The molecule has 23 heavy (non-hydrogen) atoms. The molecule has 1 aromatic rings. The van der Waals surface area contributed by atoms with Crippen molar-refractivity contribution in [1.82, 2.24) is 9.21 Å². The standard InChI is InChI=1S/C17H28N2O3S/c1-14-12-15(2)17(16(3)13-14)23(20,21)19-9-7-18(8-10-19)6-5-11-22-4/h12-13H,5-11H2,1-4H3. The maximum atomic E-state index is 13.0. The van der Waals surface area contributed by atoms with Crippen LogP contribution >= 0.6 is 0 Å². The van der Waals surface area contributed by atoms with Crippen molar-refractivity contribution in [2.24, 2.45) is 0 Å². The first kappa shape index (κ1) is 18.4. The number of hydrogen-bond donors (Lipinski definition) is 0. The molecule has 1 heterocycles. The van der Waals surface area contributed by atoms with Gasteiger partial charge in [-0.1, -0.05) is 17.7 Å². The van der Waals surface area contributed by atoms with E-state index in [0.717, 1.165) is 49.4 Å². The van der Waals surface area contributed by atoms with Crippen LogP contribution in [0.4, 0.5) is 0 Å². The zero-order valence-electron chi connectivity index (χ0n) is 14.6. The summed E-state index contributed by atoms with van der Waals surface area (Å²) < 4.78 is 32.7. The van der Waals surface area contributed by atoms with E-state index in [2.05, 4.69) is 4.90 Å². The highest BCUT2D eigenvalue weighted by molar-refractivity contribution is 7.89. The predicted octanol–water partition coefficient (Wildman–Crippen LogP) is 1.95. The van der Waals surface area contributed by atoms with Crippen LogP contribution < -0.4 is 0 Å². The number of aryl methyl sites for hydroxylation is 3. The number of hydrogen-bond acceptors (Lipinski definition) is 4. The molecule has 0 atom stereocenters. The molecular formula is C17H28N2O3S. The number of rotatable bonds is 6. The lowest BCUT2D eigenvalue weighted by molar-refractivity contribution is 0.149. The first-order valence-electron chi connectivity index (χ1n) is 8.15. The monoisotopic (exact) mass is 340 g/mol. The minimum Gasteiger partial charge on any atom is -0.385 e. The molecular weight excluding hydrogens is 312 g/mol. The number of benzene rings is 1. The summed E-state index contributed by atoms with van der Waals surface area (Å²) in [5.41, 5.74) is 2.77. The quantitative estimate of drug-likeness (QED) is 0.743. The fraction of sp³-hybridized carbons (Fsp3) is 0.647. The molecule has 0 aromatic heterocycles. The van der Waals surface area contributed by atoms with E-state index in [1.807, 2.05) is 32.9 Å². The molecule has 5 nitrogen and oxygen atoms in total. The van der Waals surface area contributed by atoms with Crippen molar-refractivity contribution < 1.29 is 13.2 Å². The summed E-state index contributed by atoms with van der Waals surface area (Å²) in [4.78, 5) is 2.79. The molecule has 0 unspecified atom stereocenters. The molecule has 0 amide bonds. The van der Waals surface area contributed by atoms with E-state index in [-0.39, 0.29) is 0 Å². The Balaban J connectivity index is 2.08. The molecule has 2 rings (SSSR count). The Morgan fingerprint density at radius 1 is 1.04 bits per heavy atom. The van der Waals surface area contributed by atoms with E-state index in [0.29, 0.717) is 18.0 Å². The first-order valence-corrected chi connectivity index (χ1v) is 9.59. The van der Waals surface area contributed by atoms with Crippen molar-refractivity contribution in [3.05, 3.63) is 28.8 Å². The van der Waals surface area contributed by atoms with Crippen molar-refractivity contribution in [2.75, 3.05) is 46.4 Å². The van der Waals surface area contributed by atoms with Crippen molar-refractivity contribution >= 4 is 10.0 Å². The van der Waals surface area contributed by atoms with Crippen molar-refractivity contribution in [3.63, 3.8) is 0 Å². The largest absolute Gasteiger partial charge is 0.385 e. The molecule has 1 aromatic carbocycles. The van der Waals surface area contributed by atoms with Crippen molar-refractivity contribution in [1.29, 1.82) is 0 Å². The number of piperazine rings is 1. The SMILES string of the molecule is COCCCN1CCN(S(=O)(=O)c2c(C)cc(C)cc2C)CC1. The Kier molecular flexibility index (Phi) is 6.19. The van der Waals surface area contributed by atoms with Crippen LogP contribution in [0.3, 0.4) is 0 Å². The van der Waals surface area contributed by atoms with E-state index in [1.165, 1.54) is 0 Å². The van der Waals surface area contributed by atoms with Crippen molar-refractivity contribution in [2.45, 2.75) is 32.1 Å². The third-order valence-electron chi connectivity index (χ3n) is 4.36. The van der Waals surface area contributed by atoms with E-state index >= 15 is 0 Å². The minimum absolute atomic E-state index is 0.482. The summed E-state index contributed by atoms with van der Waals surface area (Å²) in [6.07, 6.45) is 0.986. The van der Waals surface area contributed by atoms with Gasteiger partial charge in [-0.15, -0.1) is 0 Å². The summed E-state index contributed by atoms with van der Waals surface area (Å²) in [5.74, 6) is 0. The van der Waals surface area contributed by atoms with E-state index in [4.69, 9.17) is 4.74 Å². The maximum absolute atomic E-state index is 13.0. The molecule has 1 aliphatic rings. The molecule has 130 valence electrons.